The summed E-state index contributed by atoms with van der Waals surface area (Å²) in [7, 11) is 3.74. The Labute approximate surface area is 76.3 Å². The lowest BCUT2D eigenvalue weighted by Gasteiger charge is -2.18. The monoisotopic (exact) mass is 219 g/mol. The van der Waals surface area contributed by atoms with Gasteiger partial charge < -0.3 is 9.64 Å². The third-order valence-corrected chi connectivity index (χ3v) is 3.37. The van der Waals surface area contributed by atoms with Crippen LogP contribution in [0.5, 0.6) is 0 Å². The Balaban J connectivity index is 2.95. The van der Waals surface area contributed by atoms with Gasteiger partial charge in [-0.25, -0.2) is 0 Å². The van der Waals surface area contributed by atoms with Gasteiger partial charge in [-0.1, -0.05) is 13.8 Å². The van der Waals surface area contributed by atoms with E-state index in [-0.39, 0.29) is 5.41 Å². The fourth-order valence-corrected chi connectivity index (χ4v) is 2.03. The van der Waals surface area contributed by atoms with E-state index in [1.165, 1.54) is 0 Å². The fourth-order valence-electron chi connectivity index (χ4n) is 1.44. The molecule has 64 valence electrons. The molecule has 1 aliphatic heterocycles. The molecule has 0 fully saturated rings. The first-order valence-electron chi connectivity index (χ1n) is 3.64. The molecule has 0 aromatic carbocycles. The minimum absolute atomic E-state index is 0.195. The predicted molar refractivity (Wildman–Crippen MR) is 49.4 cm³/mol. The molecule has 0 bridgehead atoms. The highest BCUT2D eigenvalue weighted by atomic mass is 79.9. The van der Waals surface area contributed by atoms with Crippen molar-refractivity contribution in [2.75, 3.05) is 20.7 Å². The van der Waals surface area contributed by atoms with Crippen LogP contribution in [-0.2, 0) is 4.74 Å². The summed E-state index contributed by atoms with van der Waals surface area (Å²) in [6.07, 6.45) is 0. The first-order chi connectivity index (χ1) is 4.99. The van der Waals surface area contributed by atoms with Gasteiger partial charge in [-0.05, 0) is 15.9 Å². The van der Waals surface area contributed by atoms with Crippen LogP contribution in [0.1, 0.15) is 13.8 Å². The zero-order chi connectivity index (χ0) is 8.65. The van der Waals surface area contributed by atoms with Crippen LogP contribution in [-0.4, -0.2) is 25.6 Å². The van der Waals surface area contributed by atoms with Gasteiger partial charge in [0.1, 0.15) is 0 Å². The molecule has 2 nitrogen and oxygen atoms in total. The number of methoxy groups -OCH3 is 1. The van der Waals surface area contributed by atoms with Crippen molar-refractivity contribution < 1.29 is 4.74 Å². The Bertz CT molecular complexity index is 198. The predicted octanol–water partition coefficient (Wildman–Crippen LogP) is 2.17. The molecule has 0 N–H and O–H groups in total. The molecule has 0 aromatic rings. The number of hydrogen-bond acceptors (Lipinski definition) is 2. The molecule has 1 rings (SSSR count). The van der Waals surface area contributed by atoms with Gasteiger partial charge in [0.05, 0.1) is 11.6 Å². The molecular weight excluding hydrogens is 206 g/mol. The topological polar surface area (TPSA) is 12.5 Å². The molecule has 0 amide bonds. The van der Waals surface area contributed by atoms with E-state index in [4.69, 9.17) is 4.74 Å². The second-order valence-electron chi connectivity index (χ2n) is 3.56. The standard InChI is InChI=1S/C8H14BrNO/c1-8(2)5-10(3)7(11-4)6(8)9/h5H2,1-4H3. The van der Waals surface area contributed by atoms with Crippen LogP contribution in [0.25, 0.3) is 0 Å². The van der Waals surface area contributed by atoms with Gasteiger partial charge in [0.25, 0.3) is 0 Å². The largest absolute Gasteiger partial charge is 0.482 e. The SMILES string of the molecule is COC1=C(Br)C(C)(C)CN1C. The third kappa shape index (κ3) is 1.39. The van der Waals surface area contributed by atoms with E-state index in [0.29, 0.717) is 0 Å². The van der Waals surface area contributed by atoms with Crippen molar-refractivity contribution in [1.29, 1.82) is 0 Å². The third-order valence-electron chi connectivity index (χ3n) is 1.95. The smallest absolute Gasteiger partial charge is 0.199 e. The molecular formula is C8H14BrNO. The molecule has 0 aromatic heterocycles. The van der Waals surface area contributed by atoms with Crippen molar-refractivity contribution in [3.05, 3.63) is 10.4 Å². The molecule has 0 radical (unpaired) electrons. The highest BCUT2D eigenvalue weighted by Gasteiger charge is 2.35. The lowest BCUT2D eigenvalue weighted by molar-refractivity contribution is 0.182. The number of rotatable bonds is 1. The number of hydrogen-bond donors (Lipinski definition) is 0. The summed E-state index contributed by atoms with van der Waals surface area (Å²) in [6.45, 7) is 5.40. The van der Waals surface area contributed by atoms with Crippen LogP contribution in [0, 0.1) is 5.41 Å². The van der Waals surface area contributed by atoms with Crippen molar-refractivity contribution in [2.24, 2.45) is 5.41 Å². The van der Waals surface area contributed by atoms with Crippen LogP contribution < -0.4 is 0 Å². The summed E-state index contributed by atoms with van der Waals surface area (Å²) in [5.41, 5.74) is 0.195. The lowest BCUT2D eigenvalue weighted by atomic mass is 9.96. The van der Waals surface area contributed by atoms with Crippen molar-refractivity contribution in [1.82, 2.24) is 4.90 Å². The summed E-state index contributed by atoms with van der Waals surface area (Å²) in [5.74, 6) is 0.954. The van der Waals surface area contributed by atoms with Gasteiger partial charge in [-0.3, -0.25) is 0 Å². The molecule has 0 unspecified atom stereocenters. The summed E-state index contributed by atoms with van der Waals surface area (Å²) in [4.78, 5) is 2.12. The van der Waals surface area contributed by atoms with E-state index >= 15 is 0 Å². The second kappa shape index (κ2) is 2.70. The Hall–Kier alpha value is -0.180. The maximum Gasteiger partial charge on any atom is 0.199 e. The van der Waals surface area contributed by atoms with E-state index in [2.05, 4.69) is 34.7 Å². The van der Waals surface area contributed by atoms with Crippen LogP contribution in [0.15, 0.2) is 10.4 Å². The van der Waals surface area contributed by atoms with Gasteiger partial charge in [0.15, 0.2) is 5.88 Å². The fraction of sp³-hybridized carbons (Fsp3) is 0.750. The van der Waals surface area contributed by atoms with E-state index < -0.39 is 0 Å². The van der Waals surface area contributed by atoms with Gasteiger partial charge in [-0.15, -0.1) is 0 Å². The molecule has 0 spiro atoms. The number of ether oxygens (including phenoxy) is 1. The minimum atomic E-state index is 0.195. The zero-order valence-corrected chi connectivity index (χ0v) is 9.03. The minimum Gasteiger partial charge on any atom is -0.482 e. The zero-order valence-electron chi connectivity index (χ0n) is 7.44. The number of halogens is 1. The van der Waals surface area contributed by atoms with Crippen LogP contribution >= 0.6 is 15.9 Å². The van der Waals surface area contributed by atoms with Crippen LogP contribution in [0.3, 0.4) is 0 Å². The first kappa shape index (κ1) is 8.91. The molecule has 3 heteroatoms. The van der Waals surface area contributed by atoms with Crippen molar-refractivity contribution in [3.8, 4) is 0 Å². The highest BCUT2D eigenvalue weighted by Crippen LogP contribution is 2.41. The Morgan fingerprint density at radius 2 is 2.09 bits per heavy atom. The Kier molecular flexibility index (Phi) is 2.19. The van der Waals surface area contributed by atoms with Gasteiger partial charge in [-0.2, -0.15) is 0 Å². The molecule has 0 saturated carbocycles. The first-order valence-corrected chi connectivity index (χ1v) is 4.43. The normalized spacial score (nSPS) is 22.8. The lowest BCUT2D eigenvalue weighted by Crippen LogP contribution is -2.21. The van der Waals surface area contributed by atoms with E-state index in [0.717, 1.165) is 16.9 Å². The Morgan fingerprint density at radius 3 is 2.27 bits per heavy atom. The second-order valence-corrected chi connectivity index (χ2v) is 4.36. The van der Waals surface area contributed by atoms with Crippen molar-refractivity contribution in [2.45, 2.75) is 13.8 Å². The average molecular weight is 220 g/mol. The van der Waals surface area contributed by atoms with E-state index in [1.54, 1.807) is 7.11 Å². The number of nitrogens with zero attached hydrogens (tertiary/aromatic N) is 1. The quantitative estimate of drug-likeness (QED) is 0.671. The molecule has 0 saturated heterocycles. The van der Waals surface area contributed by atoms with Crippen LogP contribution in [0.2, 0.25) is 0 Å². The average Bonchev–Trinajstić information content (AvgIpc) is 2.04. The van der Waals surface area contributed by atoms with Gasteiger partial charge >= 0.3 is 0 Å². The molecule has 1 heterocycles. The summed E-state index contributed by atoms with van der Waals surface area (Å²) in [6, 6.07) is 0. The van der Waals surface area contributed by atoms with Gasteiger partial charge in [0, 0.05) is 19.0 Å². The summed E-state index contributed by atoms with van der Waals surface area (Å²) in [5, 5.41) is 0. The molecule has 0 atom stereocenters. The molecule has 11 heavy (non-hydrogen) atoms. The summed E-state index contributed by atoms with van der Waals surface area (Å²) >= 11 is 3.54. The molecule has 0 aliphatic carbocycles. The maximum absolute atomic E-state index is 5.23. The van der Waals surface area contributed by atoms with Crippen molar-refractivity contribution in [3.63, 3.8) is 0 Å². The van der Waals surface area contributed by atoms with Crippen molar-refractivity contribution >= 4 is 15.9 Å². The molecule has 1 aliphatic rings. The highest BCUT2D eigenvalue weighted by molar-refractivity contribution is 9.11. The summed E-state index contributed by atoms with van der Waals surface area (Å²) < 4.78 is 6.39. The van der Waals surface area contributed by atoms with E-state index in [9.17, 15) is 0 Å². The van der Waals surface area contributed by atoms with E-state index in [1.807, 2.05) is 7.05 Å². The van der Waals surface area contributed by atoms with Gasteiger partial charge in [0.2, 0.25) is 0 Å². The maximum atomic E-state index is 5.23. The van der Waals surface area contributed by atoms with Crippen LogP contribution in [0.4, 0.5) is 0 Å². The Morgan fingerprint density at radius 1 is 1.55 bits per heavy atom.